The molecule has 3 aromatic carbocycles. The van der Waals surface area contributed by atoms with Gasteiger partial charge in [0.15, 0.2) is 30.9 Å². The van der Waals surface area contributed by atoms with E-state index in [1.165, 1.54) is 0 Å². The van der Waals surface area contributed by atoms with Crippen LogP contribution in [0.2, 0.25) is 0 Å². The Morgan fingerprint density at radius 1 is 0.647 bits per heavy atom. The number of fused-ring (bicyclic) bond motifs is 1. The van der Waals surface area contributed by atoms with Crippen LogP contribution in [0.4, 0.5) is 0 Å². The molecule has 5 rings (SSSR count). The van der Waals surface area contributed by atoms with E-state index in [1.807, 2.05) is 42.5 Å². The van der Waals surface area contributed by atoms with Crippen molar-refractivity contribution in [1.29, 1.82) is 0 Å². The number of hydrogen-bond acceptors (Lipinski definition) is 7. The lowest BCUT2D eigenvalue weighted by molar-refractivity contribution is -0.241. The molecule has 2 fully saturated rings. The van der Waals surface area contributed by atoms with Crippen LogP contribution in [0.3, 0.4) is 0 Å². The van der Waals surface area contributed by atoms with Crippen LogP contribution in [0, 0.1) is 0 Å². The third-order valence-corrected chi connectivity index (χ3v) is 5.84. The zero-order chi connectivity index (χ0) is 23.5. The maximum atomic E-state index is 13.0. The van der Waals surface area contributed by atoms with Crippen LogP contribution in [0.25, 0.3) is 0 Å². The molecule has 34 heavy (non-hydrogen) atoms. The summed E-state index contributed by atoms with van der Waals surface area (Å²) >= 11 is 0. The molecule has 2 saturated heterocycles. The van der Waals surface area contributed by atoms with Crippen LogP contribution in [-0.2, 0) is 23.7 Å². The molecule has 0 spiro atoms. The Labute approximate surface area is 197 Å². The summed E-state index contributed by atoms with van der Waals surface area (Å²) in [4.78, 5) is 25.8. The fourth-order valence-corrected chi connectivity index (χ4v) is 4.12. The normalized spacial score (nSPS) is 28.0. The fourth-order valence-electron chi connectivity index (χ4n) is 4.12. The Bertz CT molecular complexity index is 1120. The second kappa shape index (κ2) is 9.77. The van der Waals surface area contributed by atoms with Gasteiger partial charge in [-0.25, -0.2) is 9.59 Å². The van der Waals surface area contributed by atoms with E-state index in [9.17, 15) is 9.59 Å². The van der Waals surface area contributed by atoms with Gasteiger partial charge in [-0.3, -0.25) is 0 Å². The Hall–Kier alpha value is -3.52. The van der Waals surface area contributed by atoms with Crippen molar-refractivity contribution in [3.63, 3.8) is 0 Å². The molecule has 2 aliphatic rings. The first kappa shape index (κ1) is 22.3. The Morgan fingerprint density at radius 3 is 1.71 bits per heavy atom. The summed E-state index contributed by atoms with van der Waals surface area (Å²) in [6.45, 7) is 1.75. The van der Waals surface area contributed by atoms with Crippen molar-refractivity contribution in [3.05, 3.63) is 108 Å². The molecule has 4 unspecified atom stereocenters. The molecule has 0 aromatic heterocycles. The van der Waals surface area contributed by atoms with E-state index >= 15 is 0 Å². The molecule has 2 heterocycles. The van der Waals surface area contributed by atoms with E-state index < -0.39 is 48.9 Å². The molecule has 3 aromatic rings. The van der Waals surface area contributed by atoms with E-state index in [4.69, 9.17) is 23.7 Å². The van der Waals surface area contributed by atoms with Crippen molar-refractivity contribution in [3.8, 4) is 0 Å². The highest BCUT2D eigenvalue weighted by atomic mass is 16.8. The van der Waals surface area contributed by atoms with Crippen LogP contribution in [0.15, 0.2) is 91.0 Å². The molecular formula is C27H24O7. The second-order valence-corrected chi connectivity index (χ2v) is 8.16. The molecule has 0 bridgehead atoms. The molecule has 0 aliphatic carbocycles. The molecule has 7 nitrogen and oxygen atoms in total. The lowest BCUT2D eigenvalue weighted by atomic mass is 9.99. The monoisotopic (exact) mass is 460 g/mol. The fraction of sp³-hybridized carbons (Fsp3) is 0.259. The Morgan fingerprint density at radius 2 is 1.15 bits per heavy atom. The lowest BCUT2D eigenvalue weighted by Gasteiger charge is -2.40. The lowest BCUT2D eigenvalue weighted by Crippen LogP contribution is -2.58. The van der Waals surface area contributed by atoms with E-state index in [0.29, 0.717) is 11.1 Å². The minimum absolute atomic E-state index is 0.379. The highest BCUT2D eigenvalue weighted by molar-refractivity contribution is 5.90. The number of rotatable bonds is 5. The minimum Gasteiger partial charge on any atom is -0.452 e. The van der Waals surface area contributed by atoms with Crippen molar-refractivity contribution in [2.75, 3.05) is 0 Å². The Kier molecular flexibility index (Phi) is 6.40. The van der Waals surface area contributed by atoms with Crippen LogP contribution in [0.1, 0.15) is 39.5 Å². The van der Waals surface area contributed by atoms with Crippen molar-refractivity contribution >= 4 is 11.9 Å². The van der Waals surface area contributed by atoms with Gasteiger partial charge in [-0.15, -0.1) is 0 Å². The first-order valence-electron chi connectivity index (χ1n) is 11.1. The van der Waals surface area contributed by atoms with Crippen LogP contribution in [-0.4, -0.2) is 42.6 Å². The number of esters is 2. The highest BCUT2D eigenvalue weighted by Gasteiger charge is 2.55. The van der Waals surface area contributed by atoms with Gasteiger partial charge in [0.25, 0.3) is 0 Å². The van der Waals surface area contributed by atoms with E-state index in [0.717, 1.165) is 5.56 Å². The molecule has 6 atom stereocenters. The van der Waals surface area contributed by atoms with Gasteiger partial charge in [-0.2, -0.15) is 0 Å². The molecular weight excluding hydrogens is 436 g/mol. The van der Waals surface area contributed by atoms with Gasteiger partial charge in [0.2, 0.25) is 0 Å². The first-order valence-corrected chi connectivity index (χ1v) is 11.1. The molecule has 0 amide bonds. The molecule has 174 valence electrons. The van der Waals surface area contributed by atoms with Crippen LogP contribution < -0.4 is 0 Å². The number of carbonyl (C=O) groups is 2. The van der Waals surface area contributed by atoms with Gasteiger partial charge in [0.05, 0.1) is 17.2 Å². The average molecular weight is 460 g/mol. The summed E-state index contributed by atoms with van der Waals surface area (Å²) in [6.07, 6.45) is -4.74. The summed E-state index contributed by atoms with van der Waals surface area (Å²) in [5.41, 5.74) is 1.57. The zero-order valence-corrected chi connectivity index (χ0v) is 18.5. The van der Waals surface area contributed by atoms with Gasteiger partial charge in [0, 0.05) is 5.56 Å². The predicted molar refractivity (Wildman–Crippen MR) is 121 cm³/mol. The first-order chi connectivity index (χ1) is 16.6. The van der Waals surface area contributed by atoms with Gasteiger partial charge in [-0.1, -0.05) is 66.7 Å². The average Bonchev–Trinajstić information content (AvgIpc) is 3.31. The zero-order valence-electron chi connectivity index (χ0n) is 18.5. The van der Waals surface area contributed by atoms with Crippen LogP contribution >= 0.6 is 0 Å². The topological polar surface area (TPSA) is 80.3 Å². The van der Waals surface area contributed by atoms with Gasteiger partial charge in [0.1, 0.15) is 0 Å². The summed E-state index contributed by atoms with van der Waals surface area (Å²) in [5.74, 6) is -1.09. The van der Waals surface area contributed by atoms with Crippen LogP contribution in [0.5, 0.6) is 0 Å². The predicted octanol–water partition coefficient (Wildman–Crippen LogP) is 4.30. The van der Waals surface area contributed by atoms with Crippen molar-refractivity contribution < 1.29 is 33.3 Å². The summed E-state index contributed by atoms with van der Waals surface area (Å²) in [6, 6.07) is 26.7. The minimum atomic E-state index is -0.942. The number of ether oxygens (including phenoxy) is 5. The Balaban J connectivity index is 1.42. The molecule has 0 N–H and O–H groups in total. The van der Waals surface area contributed by atoms with Crippen molar-refractivity contribution in [1.82, 2.24) is 0 Å². The van der Waals surface area contributed by atoms with E-state index in [1.54, 1.807) is 55.5 Å². The largest absolute Gasteiger partial charge is 0.452 e. The summed E-state index contributed by atoms with van der Waals surface area (Å²) in [7, 11) is 0. The number of hydrogen-bond donors (Lipinski definition) is 0. The quantitative estimate of drug-likeness (QED) is 0.525. The molecule has 2 aliphatic heterocycles. The summed E-state index contributed by atoms with van der Waals surface area (Å²) in [5, 5.41) is 0. The maximum absolute atomic E-state index is 13.0. The van der Waals surface area contributed by atoms with Gasteiger partial charge >= 0.3 is 11.9 Å². The number of benzene rings is 3. The smallest absolute Gasteiger partial charge is 0.338 e. The maximum Gasteiger partial charge on any atom is 0.338 e. The number of carbonyl (C=O) groups excluding carboxylic acids is 2. The third-order valence-electron chi connectivity index (χ3n) is 5.84. The van der Waals surface area contributed by atoms with E-state index in [-0.39, 0.29) is 0 Å². The van der Waals surface area contributed by atoms with Gasteiger partial charge < -0.3 is 23.7 Å². The SMILES string of the molecule is CC1O[C@H]2OC(c3ccccc3)OC2C(OC(=O)c2ccccc2)[C@@H]1OC(=O)c1ccccc1. The third kappa shape index (κ3) is 4.59. The molecule has 0 radical (unpaired) electrons. The van der Waals surface area contributed by atoms with Crippen molar-refractivity contribution in [2.45, 2.75) is 43.9 Å². The summed E-state index contributed by atoms with van der Waals surface area (Å²) < 4.78 is 29.9. The highest BCUT2D eigenvalue weighted by Crippen LogP contribution is 2.40. The standard InChI is InChI=1S/C27H24O7/c1-17-21(31-24(28)18-11-5-2-6-12-18)22(32-25(29)19-13-7-3-8-14-19)23-27(30-17)34-26(33-23)20-15-9-4-10-16-20/h2-17,21-23,26-27H,1H3/t17?,21-,22?,23?,26?,27+/m1/s1. The molecule has 7 heteroatoms. The van der Waals surface area contributed by atoms with Crippen molar-refractivity contribution in [2.24, 2.45) is 0 Å². The molecule has 0 saturated carbocycles. The second-order valence-electron chi connectivity index (χ2n) is 8.16. The van der Waals surface area contributed by atoms with E-state index in [2.05, 4.69) is 0 Å². The van der Waals surface area contributed by atoms with Gasteiger partial charge in [-0.05, 0) is 31.2 Å².